The summed E-state index contributed by atoms with van der Waals surface area (Å²) in [4.78, 5) is 17.9. The van der Waals surface area contributed by atoms with Crippen LogP contribution in [0.1, 0.15) is 12.8 Å². The Morgan fingerprint density at radius 2 is 1.94 bits per heavy atom. The average molecular weight is 438 g/mol. The number of nitrogen functional groups attached to an aromatic ring is 1. The quantitative estimate of drug-likeness (QED) is 0.385. The van der Waals surface area contributed by atoms with Gasteiger partial charge in [0.1, 0.15) is 10.3 Å². The number of hydrogen-bond donors (Lipinski definition) is 1. The van der Waals surface area contributed by atoms with Gasteiger partial charge in [0.05, 0.1) is 17.5 Å². The van der Waals surface area contributed by atoms with Gasteiger partial charge in [-0.3, -0.25) is 9.20 Å². The third kappa shape index (κ3) is 3.26. The highest BCUT2D eigenvalue weighted by Crippen LogP contribution is 2.26. The van der Waals surface area contributed by atoms with E-state index in [4.69, 9.17) is 10.5 Å². The summed E-state index contributed by atoms with van der Waals surface area (Å²) in [6, 6.07) is 14.6. The summed E-state index contributed by atoms with van der Waals surface area (Å²) >= 11 is 0. The van der Waals surface area contributed by atoms with Crippen molar-refractivity contribution < 1.29 is 17.7 Å². The van der Waals surface area contributed by atoms with E-state index in [0.29, 0.717) is 24.4 Å². The van der Waals surface area contributed by atoms with Crippen LogP contribution in [0.15, 0.2) is 75.4 Å². The van der Waals surface area contributed by atoms with Crippen LogP contribution >= 0.6 is 0 Å². The summed E-state index contributed by atoms with van der Waals surface area (Å²) in [6.07, 6.45) is 3.23. The van der Waals surface area contributed by atoms with Gasteiger partial charge in [0.15, 0.2) is 0 Å². The molecule has 5 rings (SSSR count). The molecular weight excluding hydrogens is 416 g/mol. The first-order valence-electron chi connectivity index (χ1n) is 10.0. The number of nitrogens with two attached hydrogens (primary N) is 1. The monoisotopic (exact) mass is 437 g/mol. The number of fused-ring (bicyclic) bond motifs is 2. The minimum absolute atomic E-state index is 0.0408. The highest BCUT2D eigenvalue weighted by molar-refractivity contribution is 7.91. The minimum Gasteiger partial charge on any atom is -0.375 e. The fourth-order valence-electron chi connectivity index (χ4n) is 3.99. The zero-order valence-corrected chi connectivity index (χ0v) is 17.5. The van der Waals surface area contributed by atoms with Gasteiger partial charge in [-0.25, -0.2) is 13.0 Å². The van der Waals surface area contributed by atoms with E-state index < -0.39 is 9.84 Å². The van der Waals surface area contributed by atoms with E-state index in [1.165, 1.54) is 22.6 Å². The molecule has 2 N–H and O–H groups in total. The molecule has 1 fully saturated rings. The van der Waals surface area contributed by atoms with Crippen molar-refractivity contribution in [2.24, 2.45) is 0 Å². The second-order valence-corrected chi connectivity index (χ2v) is 9.46. The van der Waals surface area contributed by atoms with E-state index in [1.54, 1.807) is 47.2 Å². The third-order valence-corrected chi connectivity index (χ3v) is 7.38. The van der Waals surface area contributed by atoms with E-state index in [2.05, 4.69) is 4.98 Å². The first-order chi connectivity index (χ1) is 15.0. The Morgan fingerprint density at radius 1 is 1.16 bits per heavy atom. The van der Waals surface area contributed by atoms with Crippen molar-refractivity contribution in [2.45, 2.75) is 35.3 Å². The maximum absolute atomic E-state index is 13.4. The molecular formula is C22H21N4O4S+. The Morgan fingerprint density at radius 3 is 2.68 bits per heavy atom. The molecule has 0 amide bonds. The Hall–Kier alpha value is -3.30. The molecule has 4 aromatic rings. The molecule has 0 saturated carbocycles. The van der Waals surface area contributed by atoms with Gasteiger partial charge >= 0.3 is 0 Å². The molecule has 9 heteroatoms. The van der Waals surface area contributed by atoms with Crippen molar-refractivity contribution in [3.05, 3.63) is 71.1 Å². The molecule has 0 aliphatic carbocycles. The van der Waals surface area contributed by atoms with Crippen LogP contribution in [0.2, 0.25) is 0 Å². The summed E-state index contributed by atoms with van der Waals surface area (Å²) < 4.78 is 35.6. The van der Waals surface area contributed by atoms with Crippen LogP contribution in [0.5, 0.6) is 0 Å². The number of ether oxygens (including phenoxy) is 1. The van der Waals surface area contributed by atoms with Crippen molar-refractivity contribution in [2.75, 3.05) is 12.3 Å². The Labute approximate surface area is 178 Å². The predicted octanol–water partition coefficient (Wildman–Crippen LogP) is 1.73. The van der Waals surface area contributed by atoms with E-state index in [-0.39, 0.29) is 32.7 Å². The smallest absolute Gasteiger partial charge is 0.278 e. The number of aromatic nitrogens is 3. The molecule has 1 saturated heterocycles. The maximum atomic E-state index is 13.4. The number of pyridine rings is 2. The second kappa shape index (κ2) is 7.44. The van der Waals surface area contributed by atoms with Crippen LogP contribution in [0.4, 0.5) is 5.82 Å². The molecule has 3 aromatic heterocycles. The fraction of sp³-hybridized carbons (Fsp3) is 0.227. The zero-order chi connectivity index (χ0) is 21.6. The van der Waals surface area contributed by atoms with Gasteiger partial charge in [0.25, 0.3) is 11.2 Å². The lowest BCUT2D eigenvalue weighted by Crippen LogP contribution is -2.45. The van der Waals surface area contributed by atoms with Crippen LogP contribution in [0.3, 0.4) is 0 Å². The number of benzene rings is 1. The van der Waals surface area contributed by atoms with Crippen LogP contribution < -0.4 is 15.9 Å². The molecule has 1 aromatic carbocycles. The lowest BCUT2D eigenvalue weighted by atomic mass is 10.2. The van der Waals surface area contributed by atoms with Gasteiger partial charge in [-0.2, -0.15) is 0 Å². The first-order valence-corrected chi connectivity index (χ1v) is 11.5. The maximum Gasteiger partial charge on any atom is 0.278 e. The first kappa shape index (κ1) is 19.7. The molecule has 158 valence electrons. The second-order valence-electron chi connectivity index (χ2n) is 7.54. The molecule has 1 unspecified atom stereocenters. The minimum atomic E-state index is -3.95. The molecule has 0 spiro atoms. The van der Waals surface area contributed by atoms with Gasteiger partial charge in [-0.1, -0.05) is 29.2 Å². The average Bonchev–Trinajstić information content (AvgIpc) is 3.30. The summed E-state index contributed by atoms with van der Waals surface area (Å²) in [5.74, 6) is 0.0408. The van der Waals surface area contributed by atoms with E-state index in [1.807, 2.05) is 0 Å². The van der Waals surface area contributed by atoms with Crippen molar-refractivity contribution in [3.63, 3.8) is 0 Å². The summed E-state index contributed by atoms with van der Waals surface area (Å²) in [7, 11) is -3.95. The highest BCUT2D eigenvalue weighted by atomic mass is 32.2. The Bertz CT molecular complexity index is 1460. The molecule has 0 bridgehead atoms. The van der Waals surface area contributed by atoms with Gasteiger partial charge in [0, 0.05) is 12.8 Å². The van der Waals surface area contributed by atoms with Crippen molar-refractivity contribution in [1.29, 1.82) is 0 Å². The standard InChI is InChI=1S/C22H20N4O4S/c23-20-18(31(28,29)16-8-2-1-3-9-16)13-17-21(26(20)14-15-7-6-12-30-15)24-19-10-4-5-11-25(19)22(17)27/h1-5,8-11,13,15,23H,6-7,12,14H2/p+1. The van der Waals surface area contributed by atoms with Crippen LogP contribution in [-0.4, -0.2) is 30.5 Å². The van der Waals surface area contributed by atoms with E-state index in [9.17, 15) is 13.2 Å². The molecule has 1 aliphatic heterocycles. The van der Waals surface area contributed by atoms with Gasteiger partial charge in [0.2, 0.25) is 21.3 Å². The van der Waals surface area contributed by atoms with Crippen LogP contribution in [0, 0.1) is 0 Å². The Kier molecular flexibility index (Phi) is 4.71. The lowest BCUT2D eigenvalue weighted by Gasteiger charge is -2.15. The summed E-state index contributed by atoms with van der Waals surface area (Å²) in [6.45, 7) is 0.958. The normalized spacial score (nSPS) is 16.8. The number of rotatable bonds is 4. The summed E-state index contributed by atoms with van der Waals surface area (Å²) in [5.41, 5.74) is 6.87. The molecule has 31 heavy (non-hydrogen) atoms. The molecule has 8 nitrogen and oxygen atoms in total. The number of nitrogens with zero attached hydrogens (tertiary/aromatic N) is 3. The number of hydrogen-bond acceptors (Lipinski definition) is 6. The third-order valence-electron chi connectivity index (χ3n) is 5.58. The van der Waals surface area contributed by atoms with Crippen LogP contribution in [-0.2, 0) is 21.1 Å². The number of sulfone groups is 1. The number of anilines is 1. The van der Waals surface area contributed by atoms with Crippen LogP contribution in [0.25, 0.3) is 16.7 Å². The molecule has 4 heterocycles. The lowest BCUT2D eigenvalue weighted by molar-refractivity contribution is -0.667. The molecule has 1 atom stereocenters. The summed E-state index contributed by atoms with van der Waals surface area (Å²) in [5, 5.41) is 0.186. The molecule has 0 radical (unpaired) electrons. The Balaban J connectivity index is 1.84. The fourth-order valence-corrected chi connectivity index (χ4v) is 5.42. The van der Waals surface area contributed by atoms with Crippen molar-refractivity contribution >= 4 is 32.3 Å². The van der Waals surface area contributed by atoms with Crippen molar-refractivity contribution in [1.82, 2.24) is 9.38 Å². The van der Waals surface area contributed by atoms with E-state index in [0.717, 1.165) is 12.8 Å². The topological polar surface area (TPSA) is 108 Å². The largest absolute Gasteiger partial charge is 0.375 e. The van der Waals surface area contributed by atoms with Gasteiger partial charge in [-0.05, 0) is 43.2 Å². The predicted molar refractivity (Wildman–Crippen MR) is 114 cm³/mol. The van der Waals surface area contributed by atoms with E-state index >= 15 is 0 Å². The van der Waals surface area contributed by atoms with Crippen molar-refractivity contribution in [3.8, 4) is 0 Å². The SMILES string of the molecule is Nc1c(S(=O)(=O)c2ccccc2)cc2c(=O)n3ccccc3nc2[n+]1CC1CCCO1. The molecule has 1 aliphatic rings. The zero-order valence-electron chi connectivity index (χ0n) is 16.6. The van der Waals surface area contributed by atoms with Gasteiger partial charge < -0.3 is 10.5 Å². The highest BCUT2D eigenvalue weighted by Gasteiger charge is 2.31. The van der Waals surface area contributed by atoms with Gasteiger partial charge in [-0.15, -0.1) is 0 Å².